The van der Waals surface area contributed by atoms with Gasteiger partial charge >= 0.3 is 29.6 Å². The Bertz CT molecular complexity index is 848. The summed E-state index contributed by atoms with van der Waals surface area (Å²) in [6, 6.07) is 16.2. The van der Waals surface area contributed by atoms with Gasteiger partial charge in [0, 0.05) is 13.0 Å². The Labute approximate surface area is 191 Å². The third-order valence-electron chi connectivity index (χ3n) is 4.82. The molecule has 1 fully saturated rings. The van der Waals surface area contributed by atoms with E-state index in [0.29, 0.717) is 13.0 Å². The Morgan fingerprint density at radius 1 is 0.966 bits per heavy atom. The summed E-state index contributed by atoms with van der Waals surface area (Å²) in [5, 5.41) is 16.6. The van der Waals surface area contributed by atoms with Crippen LogP contribution in [-0.4, -0.2) is 47.9 Å². The molecule has 2 amide bonds. The fraction of sp³-hybridized carbons (Fsp3) is 0.286. The van der Waals surface area contributed by atoms with Crippen molar-refractivity contribution in [2.24, 2.45) is 0 Å². The van der Waals surface area contributed by atoms with Gasteiger partial charge in [0.05, 0.1) is 12.0 Å². The minimum atomic E-state index is -1.30. The van der Waals surface area contributed by atoms with E-state index >= 15 is 0 Å². The van der Waals surface area contributed by atoms with Gasteiger partial charge in [0.2, 0.25) is 11.8 Å². The number of hydrogen-bond acceptors (Lipinski definition) is 5. The monoisotopic (exact) mass is 403 g/mol. The number of likely N-dealkylation sites (N-methyl/N-ethyl adjacent to an activating group) is 1. The van der Waals surface area contributed by atoms with Crippen molar-refractivity contribution in [2.75, 3.05) is 7.05 Å². The molecular weight excluding hydrogens is 381 g/mol. The van der Waals surface area contributed by atoms with Crippen LogP contribution in [-0.2, 0) is 27.3 Å². The molecule has 2 aromatic carbocycles. The standard InChI is InChI=1S/C21H23N3O4.Na/c1-24-17(18(24)21(27)28)20(26)23-16(12-14-8-4-2-5-9-14)19(25)22-13-15-10-6-3-7-11-15;/h2-11,16-18H,12-13H2,1H3,(H,22,25)(H,23,26)(H,27,28);/q;+1/p-1/t16-,17-,18-,24?;/m0./s1. The summed E-state index contributed by atoms with van der Waals surface area (Å²) in [4.78, 5) is 37.7. The molecule has 0 bridgehead atoms. The van der Waals surface area contributed by atoms with Crippen LogP contribution < -0.4 is 45.3 Å². The molecule has 0 radical (unpaired) electrons. The Kier molecular flexibility index (Phi) is 8.40. The second kappa shape index (κ2) is 10.5. The second-order valence-electron chi connectivity index (χ2n) is 6.83. The average molecular weight is 403 g/mol. The van der Waals surface area contributed by atoms with Gasteiger partial charge in [-0.15, -0.1) is 0 Å². The van der Waals surface area contributed by atoms with Crippen LogP contribution in [0.3, 0.4) is 0 Å². The van der Waals surface area contributed by atoms with Gasteiger partial charge in [-0.25, -0.2) is 0 Å². The maximum absolute atomic E-state index is 12.7. The van der Waals surface area contributed by atoms with E-state index in [1.807, 2.05) is 60.7 Å². The zero-order chi connectivity index (χ0) is 20.1. The molecule has 8 heteroatoms. The molecule has 1 unspecified atom stereocenters. The van der Waals surface area contributed by atoms with E-state index in [1.165, 1.54) is 11.9 Å². The minimum absolute atomic E-state index is 0. The van der Waals surface area contributed by atoms with Crippen molar-refractivity contribution in [2.45, 2.75) is 31.1 Å². The molecule has 1 heterocycles. The van der Waals surface area contributed by atoms with Gasteiger partial charge in [-0.3, -0.25) is 14.5 Å². The number of carboxylic acid groups (broad SMARTS) is 1. The second-order valence-corrected chi connectivity index (χ2v) is 6.83. The number of carboxylic acids is 1. The number of benzene rings is 2. The van der Waals surface area contributed by atoms with Crippen LogP contribution in [0, 0.1) is 0 Å². The molecule has 3 rings (SSSR count). The minimum Gasteiger partial charge on any atom is -0.548 e. The third-order valence-corrected chi connectivity index (χ3v) is 4.82. The summed E-state index contributed by atoms with van der Waals surface area (Å²) < 4.78 is 0. The van der Waals surface area contributed by atoms with Gasteiger partial charge in [-0.1, -0.05) is 60.7 Å². The van der Waals surface area contributed by atoms with Crippen molar-refractivity contribution in [3.8, 4) is 0 Å². The van der Waals surface area contributed by atoms with Crippen molar-refractivity contribution in [1.29, 1.82) is 0 Å². The molecule has 29 heavy (non-hydrogen) atoms. The van der Waals surface area contributed by atoms with Crippen LogP contribution in [0.4, 0.5) is 0 Å². The van der Waals surface area contributed by atoms with E-state index in [2.05, 4.69) is 10.6 Å². The number of hydrogen-bond donors (Lipinski definition) is 2. The molecule has 2 N–H and O–H groups in total. The molecule has 7 nitrogen and oxygen atoms in total. The Morgan fingerprint density at radius 2 is 1.52 bits per heavy atom. The van der Waals surface area contributed by atoms with E-state index in [4.69, 9.17) is 0 Å². The zero-order valence-electron chi connectivity index (χ0n) is 16.5. The van der Waals surface area contributed by atoms with Gasteiger partial charge in [-0.2, -0.15) is 0 Å². The first kappa shape index (κ1) is 23.1. The molecule has 1 aliphatic heterocycles. The zero-order valence-corrected chi connectivity index (χ0v) is 18.5. The summed E-state index contributed by atoms with van der Waals surface area (Å²) >= 11 is 0. The first-order chi connectivity index (χ1) is 13.5. The largest absolute Gasteiger partial charge is 1.00 e. The summed E-state index contributed by atoms with van der Waals surface area (Å²) in [5.74, 6) is -2.11. The Morgan fingerprint density at radius 3 is 2.03 bits per heavy atom. The first-order valence-electron chi connectivity index (χ1n) is 9.06. The topological polar surface area (TPSA) is 101 Å². The maximum Gasteiger partial charge on any atom is 1.00 e. The molecule has 0 saturated carbocycles. The molecule has 0 aliphatic carbocycles. The molecule has 1 aliphatic rings. The smallest absolute Gasteiger partial charge is 0.548 e. The Hall–Kier alpha value is -2.19. The van der Waals surface area contributed by atoms with Gasteiger partial charge < -0.3 is 20.5 Å². The number of rotatable bonds is 8. The summed E-state index contributed by atoms with van der Waals surface area (Å²) in [5.41, 5.74) is 1.84. The Balaban J connectivity index is 0.00000300. The average Bonchev–Trinajstić information content (AvgIpc) is 3.38. The number of carbonyl (C=O) groups is 3. The molecule has 2 aromatic rings. The quantitative estimate of drug-likeness (QED) is 0.351. The van der Waals surface area contributed by atoms with Crippen LogP contribution in [0.2, 0.25) is 0 Å². The fourth-order valence-corrected chi connectivity index (χ4v) is 3.19. The summed E-state index contributed by atoms with van der Waals surface area (Å²) in [6.07, 6.45) is 0.305. The van der Waals surface area contributed by atoms with Crippen LogP contribution in [0.25, 0.3) is 0 Å². The van der Waals surface area contributed by atoms with Crippen molar-refractivity contribution >= 4 is 17.8 Å². The number of nitrogens with zero attached hydrogens (tertiary/aromatic N) is 1. The van der Waals surface area contributed by atoms with Crippen LogP contribution >= 0.6 is 0 Å². The van der Waals surface area contributed by atoms with Crippen LogP contribution in [0.1, 0.15) is 11.1 Å². The molecule has 1 saturated heterocycles. The number of carbonyl (C=O) groups excluding carboxylic acids is 3. The molecular formula is C21H22N3NaO4. The third kappa shape index (κ3) is 6.14. The first-order valence-corrected chi connectivity index (χ1v) is 9.06. The summed E-state index contributed by atoms with van der Waals surface area (Å²) in [6.45, 7) is 0.339. The predicted molar refractivity (Wildman–Crippen MR) is 101 cm³/mol. The van der Waals surface area contributed by atoms with E-state index in [1.54, 1.807) is 0 Å². The van der Waals surface area contributed by atoms with E-state index in [0.717, 1.165) is 11.1 Å². The number of amides is 2. The molecule has 0 aromatic heterocycles. The van der Waals surface area contributed by atoms with Crippen molar-refractivity contribution < 1.29 is 49.0 Å². The molecule has 4 atom stereocenters. The van der Waals surface area contributed by atoms with Gasteiger partial charge in [-0.05, 0) is 18.2 Å². The van der Waals surface area contributed by atoms with Crippen LogP contribution in [0.15, 0.2) is 60.7 Å². The van der Waals surface area contributed by atoms with Gasteiger partial charge in [0.1, 0.15) is 12.1 Å². The molecule has 0 spiro atoms. The van der Waals surface area contributed by atoms with Crippen molar-refractivity contribution in [3.63, 3.8) is 0 Å². The SMILES string of the molecule is CN1[C@H](C(=O)[O-])[C@H]1C(=O)N[C@@H](Cc1ccccc1)C(=O)NCc1ccccc1.[Na+]. The van der Waals surface area contributed by atoms with Crippen molar-refractivity contribution in [1.82, 2.24) is 15.5 Å². The van der Waals surface area contributed by atoms with E-state index in [-0.39, 0.29) is 35.5 Å². The number of nitrogens with one attached hydrogen (secondary N) is 2. The predicted octanol–water partition coefficient (Wildman–Crippen LogP) is -3.53. The van der Waals surface area contributed by atoms with Gasteiger partial charge in [0.15, 0.2) is 0 Å². The normalized spacial score (nSPS) is 20.7. The fourth-order valence-electron chi connectivity index (χ4n) is 3.19. The van der Waals surface area contributed by atoms with E-state index in [9.17, 15) is 19.5 Å². The maximum atomic E-state index is 12.7. The number of aliphatic carboxylic acids is 1. The van der Waals surface area contributed by atoms with Crippen LogP contribution in [0.5, 0.6) is 0 Å². The van der Waals surface area contributed by atoms with Gasteiger partial charge in [0.25, 0.3) is 0 Å². The molecule has 146 valence electrons. The van der Waals surface area contributed by atoms with Crippen molar-refractivity contribution in [3.05, 3.63) is 71.8 Å². The summed E-state index contributed by atoms with van der Waals surface area (Å²) in [7, 11) is 1.53. The van der Waals surface area contributed by atoms with E-state index < -0.39 is 30.0 Å².